The Morgan fingerprint density at radius 1 is 1.28 bits per heavy atom. The minimum atomic E-state index is -0.904. The Bertz CT molecular complexity index is 602. The van der Waals surface area contributed by atoms with E-state index in [-0.39, 0.29) is 17.1 Å². The number of anilines is 1. The fourth-order valence-corrected chi connectivity index (χ4v) is 1.34. The number of halogens is 2. The molecule has 92 valence electrons. The van der Waals surface area contributed by atoms with E-state index in [4.69, 9.17) is 0 Å². The fraction of sp³-hybridized carbons (Fsp3) is 0. The molecule has 0 bridgehead atoms. The van der Waals surface area contributed by atoms with Gasteiger partial charge in [0, 0.05) is 12.3 Å². The first-order chi connectivity index (χ1) is 8.58. The van der Waals surface area contributed by atoms with Crippen LogP contribution < -0.4 is 5.32 Å². The van der Waals surface area contributed by atoms with Crippen LogP contribution in [0.25, 0.3) is 0 Å². The Morgan fingerprint density at radius 3 is 2.72 bits per heavy atom. The van der Waals surface area contributed by atoms with Crippen LogP contribution in [0.2, 0.25) is 0 Å². The molecule has 0 aliphatic heterocycles. The third-order valence-electron chi connectivity index (χ3n) is 2.18. The Labute approximate surface area is 101 Å². The van der Waals surface area contributed by atoms with Crippen LogP contribution >= 0.6 is 0 Å². The van der Waals surface area contributed by atoms with E-state index in [2.05, 4.69) is 10.3 Å². The van der Waals surface area contributed by atoms with Gasteiger partial charge in [-0.25, -0.2) is 13.8 Å². The van der Waals surface area contributed by atoms with Gasteiger partial charge < -0.3 is 10.4 Å². The molecule has 2 rings (SSSR count). The second kappa shape index (κ2) is 4.79. The predicted octanol–water partition coefficient (Wildman–Crippen LogP) is 2.32. The molecule has 18 heavy (non-hydrogen) atoms. The summed E-state index contributed by atoms with van der Waals surface area (Å²) in [6, 6.07) is 5.47. The topological polar surface area (TPSA) is 62.2 Å². The average molecular weight is 250 g/mol. The lowest BCUT2D eigenvalue weighted by Crippen LogP contribution is -2.14. The number of nitrogens with one attached hydrogen (secondary N) is 1. The average Bonchev–Trinajstić information content (AvgIpc) is 2.33. The normalized spacial score (nSPS) is 10.1. The van der Waals surface area contributed by atoms with Gasteiger partial charge in [-0.2, -0.15) is 0 Å². The highest BCUT2D eigenvalue weighted by atomic mass is 19.1. The van der Waals surface area contributed by atoms with E-state index >= 15 is 0 Å². The van der Waals surface area contributed by atoms with Crippen LogP contribution in [0.4, 0.5) is 14.5 Å². The van der Waals surface area contributed by atoms with E-state index in [1.165, 1.54) is 18.3 Å². The van der Waals surface area contributed by atoms with Crippen LogP contribution in [0.1, 0.15) is 10.5 Å². The van der Waals surface area contributed by atoms with Crippen molar-refractivity contribution >= 4 is 11.6 Å². The molecule has 1 heterocycles. The van der Waals surface area contributed by atoms with Crippen LogP contribution in [-0.4, -0.2) is 16.0 Å². The van der Waals surface area contributed by atoms with Crippen molar-refractivity contribution in [2.24, 2.45) is 0 Å². The zero-order chi connectivity index (χ0) is 13.1. The smallest absolute Gasteiger partial charge is 0.278 e. The second-order valence-electron chi connectivity index (χ2n) is 3.45. The van der Waals surface area contributed by atoms with Gasteiger partial charge in [-0.3, -0.25) is 4.79 Å². The highest BCUT2D eigenvalue weighted by molar-refractivity contribution is 6.04. The maximum Gasteiger partial charge on any atom is 0.278 e. The summed E-state index contributed by atoms with van der Waals surface area (Å²) in [6.07, 6.45) is 1.32. The first-order valence-electron chi connectivity index (χ1n) is 4.98. The van der Waals surface area contributed by atoms with Gasteiger partial charge in [-0.15, -0.1) is 0 Å². The molecule has 0 unspecified atom stereocenters. The van der Waals surface area contributed by atoms with E-state index in [9.17, 15) is 18.7 Å². The van der Waals surface area contributed by atoms with Gasteiger partial charge in [0.25, 0.3) is 5.91 Å². The molecule has 1 aromatic heterocycles. The van der Waals surface area contributed by atoms with Gasteiger partial charge in [0.15, 0.2) is 5.69 Å². The van der Waals surface area contributed by atoms with Crippen molar-refractivity contribution in [2.45, 2.75) is 0 Å². The minimum absolute atomic E-state index is 0.188. The summed E-state index contributed by atoms with van der Waals surface area (Å²) in [6.45, 7) is 0. The lowest BCUT2D eigenvalue weighted by Gasteiger charge is -2.06. The van der Waals surface area contributed by atoms with Crippen LogP contribution in [0.5, 0.6) is 5.75 Å². The molecule has 0 atom stereocenters. The van der Waals surface area contributed by atoms with E-state index in [1.54, 1.807) is 0 Å². The van der Waals surface area contributed by atoms with Gasteiger partial charge in [-0.05, 0) is 24.3 Å². The third kappa shape index (κ3) is 2.42. The molecule has 4 nitrogen and oxygen atoms in total. The van der Waals surface area contributed by atoms with Crippen molar-refractivity contribution in [3.8, 4) is 5.75 Å². The van der Waals surface area contributed by atoms with E-state index in [1.807, 2.05) is 0 Å². The summed E-state index contributed by atoms with van der Waals surface area (Å²) in [5.74, 6) is -2.75. The van der Waals surface area contributed by atoms with Gasteiger partial charge in [0.1, 0.15) is 17.4 Å². The van der Waals surface area contributed by atoms with Crippen LogP contribution in [0, 0.1) is 11.6 Å². The highest BCUT2D eigenvalue weighted by Gasteiger charge is 2.14. The standard InChI is InChI=1S/C12H8F2N2O2/c13-7-3-4-9(8(14)6-7)16-12(18)11-10(17)2-1-5-15-11/h1-6,17H,(H,16,18). The van der Waals surface area contributed by atoms with Crippen molar-refractivity contribution in [1.82, 2.24) is 4.98 Å². The first-order valence-corrected chi connectivity index (χ1v) is 4.98. The molecule has 6 heteroatoms. The van der Waals surface area contributed by atoms with Crippen molar-refractivity contribution < 1.29 is 18.7 Å². The Morgan fingerprint density at radius 2 is 2.06 bits per heavy atom. The molecular formula is C12H8F2N2O2. The number of aromatic nitrogens is 1. The minimum Gasteiger partial charge on any atom is -0.505 e. The maximum atomic E-state index is 13.3. The van der Waals surface area contributed by atoms with E-state index in [0.29, 0.717) is 6.07 Å². The number of hydrogen-bond donors (Lipinski definition) is 2. The number of aromatic hydroxyl groups is 1. The zero-order valence-corrected chi connectivity index (χ0v) is 9.02. The Balaban J connectivity index is 2.24. The van der Waals surface area contributed by atoms with Crippen LogP contribution in [0.3, 0.4) is 0 Å². The Kier molecular flexibility index (Phi) is 3.18. The monoisotopic (exact) mass is 250 g/mol. The quantitative estimate of drug-likeness (QED) is 0.859. The van der Waals surface area contributed by atoms with Crippen molar-refractivity contribution in [3.63, 3.8) is 0 Å². The first kappa shape index (κ1) is 12.0. The third-order valence-corrected chi connectivity index (χ3v) is 2.18. The molecule has 0 aliphatic rings. The molecule has 0 saturated carbocycles. The second-order valence-corrected chi connectivity index (χ2v) is 3.45. The Hall–Kier alpha value is -2.50. The number of amides is 1. The highest BCUT2D eigenvalue weighted by Crippen LogP contribution is 2.18. The number of carbonyl (C=O) groups excluding carboxylic acids is 1. The van der Waals surface area contributed by atoms with Crippen LogP contribution in [-0.2, 0) is 0 Å². The number of rotatable bonds is 2. The molecule has 1 aromatic carbocycles. The molecule has 1 amide bonds. The summed E-state index contributed by atoms with van der Waals surface area (Å²) < 4.78 is 26.0. The maximum absolute atomic E-state index is 13.3. The van der Waals surface area contributed by atoms with Gasteiger partial charge in [0.05, 0.1) is 5.69 Å². The summed E-state index contributed by atoms with van der Waals surface area (Å²) in [5, 5.41) is 11.6. The molecule has 0 fully saturated rings. The fourth-order valence-electron chi connectivity index (χ4n) is 1.34. The number of hydrogen-bond acceptors (Lipinski definition) is 3. The number of benzene rings is 1. The molecule has 2 aromatic rings. The number of carbonyl (C=O) groups is 1. The lowest BCUT2D eigenvalue weighted by atomic mass is 10.2. The number of nitrogens with zero attached hydrogens (tertiary/aromatic N) is 1. The summed E-state index contributed by atoms with van der Waals surface area (Å²) in [7, 11) is 0. The molecule has 0 radical (unpaired) electrons. The van der Waals surface area contributed by atoms with Crippen molar-refractivity contribution in [2.75, 3.05) is 5.32 Å². The summed E-state index contributed by atoms with van der Waals surface area (Å²) in [5.41, 5.74) is -0.423. The number of pyridine rings is 1. The molecular weight excluding hydrogens is 242 g/mol. The van der Waals surface area contributed by atoms with Crippen LogP contribution in [0.15, 0.2) is 36.5 Å². The van der Waals surface area contributed by atoms with Crippen molar-refractivity contribution in [1.29, 1.82) is 0 Å². The van der Waals surface area contributed by atoms with E-state index in [0.717, 1.165) is 12.1 Å². The summed E-state index contributed by atoms with van der Waals surface area (Å²) in [4.78, 5) is 15.3. The van der Waals surface area contributed by atoms with Gasteiger partial charge >= 0.3 is 0 Å². The molecule has 0 spiro atoms. The largest absolute Gasteiger partial charge is 0.505 e. The van der Waals surface area contributed by atoms with Gasteiger partial charge in [-0.1, -0.05) is 0 Å². The van der Waals surface area contributed by atoms with Crippen molar-refractivity contribution in [3.05, 3.63) is 53.9 Å². The summed E-state index contributed by atoms with van der Waals surface area (Å²) >= 11 is 0. The molecule has 0 aliphatic carbocycles. The lowest BCUT2D eigenvalue weighted by molar-refractivity contribution is 0.101. The predicted molar refractivity (Wildman–Crippen MR) is 60.2 cm³/mol. The zero-order valence-electron chi connectivity index (χ0n) is 9.02. The molecule has 2 N–H and O–H groups in total. The van der Waals surface area contributed by atoms with E-state index < -0.39 is 17.5 Å². The van der Waals surface area contributed by atoms with Gasteiger partial charge in [0.2, 0.25) is 0 Å². The molecule has 0 saturated heterocycles. The SMILES string of the molecule is O=C(Nc1ccc(F)cc1F)c1ncccc1O.